The Labute approximate surface area is 96.3 Å². The van der Waals surface area contributed by atoms with E-state index in [1.807, 2.05) is 24.3 Å². The van der Waals surface area contributed by atoms with E-state index in [9.17, 15) is 9.90 Å². The van der Waals surface area contributed by atoms with Crippen molar-refractivity contribution in [3.05, 3.63) is 35.4 Å². The lowest BCUT2D eigenvalue weighted by atomic mass is 9.65. The molecule has 1 saturated carbocycles. The molecule has 0 spiro atoms. The molecule has 0 saturated heterocycles. The van der Waals surface area contributed by atoms with Gasteiger partial charge in [-0.3, -0.25) is 4.79 Å². The van der Waals surface area contributed by atoms with Crippen molar-refractivity contribution >= 4 is 5.78 Å². The number of aryl methyl sites for hydroxylation is 1. The number of benzene rings is 1. The molecule has 1 aliphatic rings. The van der Waals surface area contributed by atoms with Crippen LogP contribution in [-0.4, -0.2) is 17.5 Å². The highest BCUT2D eigenvalue weighted by molar-refractivity contribution is 6.01. The minimum atomic E-state index is -0.465. The number of carbonyl (C=O) groups is 1. The van der Waals surface area contributed by atoms with E-state index >= 15 is 0 Å². The molecule has 0 amide bonds. The first-order valence-corrected chi connectivity index (χ1v) is 5.96. The molecule has 2 heteroatoms. The van der Waals surface area contributed by atoms with Crippen molar-refractivity contribution in [2.75, 3.05) is 6.61 Å². The van der Waals surface area contributed by atoms with Crippen LogP contribution in [0.4, 0.5) is 0 Å². The SMILES string of the molecule is CCc1ccc(C(=O)C2(CO)CCC2)cc1. The summed E-state index contributed by atoms with van der Waals surface area (Å²) in [5.74, 6) is 0.115. The highest BCUT2D eigenvalue weighted by Crippen LogP contribution is 2.43. The van der Waals surface area contributed by atoms with Gasteiger partial charge in [-0.05, 0) is 24.8 Å². The highest BCUT2D eigenvalue weighted by atomic mass is 16.3. The number of carbonyl (C=O) groups excluding carboxylic acids is 1. The molecule has 0 heterocycles. The molecule has 0 radical (unpaired) electrons. The van der Waals surface area contributed by atoms with Crippen molar-refractivity contribution in [2.24, 2.45) is 5.41 Å². The topological polar surface area (TPSA) is 37.3 Å². The molecular weight excluding hydrogens is 200 g/mol. The molecule has 1 fully saturated rings. The van der Waals surface area contributed by atoms with Crippen LogP contribution in [0.1, 0.15) is 42.1 Å². The van der Waals surface area contributed by atoms with Crippen molar-refractivity contribution in [3.63, 3.8) is 0 Å². The molecule has 0 aromatic heterocycles. The molecule has 0 aliphatic heterocycles. The van der Waals surface area contributed by atoms with Gasteiger partial charge in [-0.15, -0.1) is 0 Å². The average Bonchev–Trinajstić information content (AvgIpc) is 2.28. The largest absolute Gasteiger partial charge is 0.395 e. The number of hydrogen-bond acceptors (Lipinski definition) is 2. The number of ketones is 1. The lowest BCUT2D eigenvalue weighted by Crippen LogP contribution is -2.41. The predicted octanol–water partition coefficient (Wildman–Crippen LogP) is 2.59. The van der Waals surface area contributed by atoms with Gasteiger partial charge in [-0.25, -0.2) is 0 Å². The zero-order chi connectivity index (χ0) is 11.6. The Hall–Kier alpha value is -1.15. The highest BCUT2D eigenvalue weighted by Gasteiger charge is 2.43. The van der Waals surface area contributed by atoms with Crippen LogP contribution in [-0.2, 0) is 6.42 Å². The second-order valence-corrected chi connectivity index (χ2v) is 4.67. The minimum absolute atomic E-state index is 0.0125. The summed E-state index contributed by atoms with van der Waals surface area (Å²) in [7, 11) is 0. The standard InChI is InChI=1S/C14H18O2/c1-2-11-4-6-12(7-5-11)13(16)14(10-15)8-3-9-14/h4-7,15H,2-3,8-10H2,1H3. The predicted molar refractivity (Wildman–Crippen MR) is 63.5 cm³/mol. The molecule has 86 valence electrons. The fourth-order valence-corrected chi connectivity index (χ4v) is 2.26. The van der Waals surface area contributed by atoms with Gasteiger partial charge in [0.2, 0.25) is 0 Å². The van der Waals surface area contributed by atoms with Gasteiger partial charge < -0.3 is 5.11 Å². The maximum atomic E-state index is 12.2. The molecule has 16 heavy (non-hydrogen) atoms. The summed E-state index contributed by atoms with van der Waals surface area (Å²) < 4.78 is 0. The van der Waals surface area contributed by atoms with E-state index in [1.165, 1.54) is 5.56 Å². The van der Waals surface area contributed by atoms with Crippen LogP contribution in [0, 0.1) is 5.41 Å². The van der Waals surface area contributed by atoms with Gasteiger partial charge in [0, 0.05) is 5.56 Å². The smallest absolute Gasteiger partial charge is 0.171 e. The minimum Gasteiger partial charge on any atom is -0.395 e. The molecule has 0 unspecified atom stereocenters. The van der Waals surface area contributed by atoms with Crippen molar-refractivity contribution in [3.8, 4) is 0 Å². The van der Waals surface area contributed by atoms with Gasteiger partial charge >= 0.3 is 0 Å². The zero-order valence-corrected chi connectivity index (χ0v) is 9.70. The Morgan fingerprint density at radius 2 is 1.94 bits per heavy atom. The van der Waals surface area contributed by atoms with Crippen LogP contribution in [0.2, 0.25) is 0 Å². The van der Waals surface area contributed by atoms with Crippen LogP contribution in [0.25, 0.3) is 0 Å². The third-order valence-electron chi connectivity index (χ3n) is 3.72. The molecule has 2 nitrogen and oxygen atoms in total. The zero-order valence-electron chi connectivity index (χ0n) is 9.70. The van der Waals surface area contributed by atoms with E-state index < -0.39 is 5.41 Å². The second-order valence-electron chi connectivity index (χ2n) is 4.67. The van der Waals surface area contributed by atoms with E-state index in [1.54, 1.807) is 0 Å². The fraction of sp³-hybridized carbons (Fsp3) is 0.500. The lowest BCUT2D eigenvalue weighted by molar-refractivity contribution is 0.0348. The van der Waals surface area contributed by atoms with Crippen LogP contribution >= 0.6 is 0 Å². The van der Waals surface area contributed by atoms with Gasteiger partial charge in [0.15, 0.2) is 5.78 Å². The number of Topliss-reactive ketones (excluding diaryl/α,β-unsaturated/α-hetero) is 1. The van der Waals surface area contributed by atoms with Gasteiger partial charge in [0.1, 0.15) is 0 Å². The molecule has 1 aliphatic carbocycles. The maximum absolute atomic E-state index is 12.2. The van der Waals surface area contributed by atoms with Gasteiger partial charge in [-0.2, -0.15) is 0 Å². The number of aliphatic hydroxyl groups excluding tert-OH is 1. The van der Waals surface area contributed by atoms with E-state index in [2.05, 4.69) is 6.92 Å². The number of hydrogen-bond donors (Lipinski definition) is 1. The molecule has 2 rings (SSSR count). The summed E-state index contributed by atoms with van der Waals surface area (Å²) in [5.41, 5.74) is 1.52. The quantitative estimate of drug-likeness (QED) is 0.789. The first-order chi connectivity index (χ1) is 7.72. The van der Waals surface area contributed by atoms with Crippen molar-refractivity contribution in [2.45, 2.75) is 32.6 Å². The maximum Gasteiger partial charge on any atom is 0.171 e. The fourth-order valence-electron chi connectivity index (χ4n) is 2.26. The van der Waals surface area contributed by atoms with Crippen molar-refractivity contribution in [1.82, 2.24) is 0 Å². The molecular formula is C14H18O2. The molecule has 1 N–H and O–H groups in total. The Bertz CT molecular complexity index is 369. The van der Waals surface area contributed by atoms with Crippen molar-refractivity contribution in [1.29, 1.82) is 0 Å². The summed E-state index contributed by atoms with van der Waals surface area (Å²) in [4.78, 5) is 12.2. The average molecular weight is 218 g/mol. The lowest BCUT2D eigenvalue weighted by Gasteiger charge is -2.38. The van der Waals surface area contributed by atoms with Crippen LogP contribution < -0.4 is 0 Å². The van der Waals surface area contributed by atoms with Crippen molar-refractivity contribution < 1.29 is 9.90 Å². The monoisotopic (exact) mass is 218 g/mol. The van der Waals surface area contributed by atoms with Crippen LogP contribution in [0.15, 0.2) is 24.3 Å². The number of rotatable bonds is 4. The van der Waals surface area contributed by atoms with Crippen LogP contribution in [0.3, 0.4) is 0 Å². The summed E-state index contributed by atoms with van der Waals surface area (Å²) in [6.45, 7) is 2.08. The summed E-state index contributed by atoms with van der Waals surface area (Å²) in [5, 5.41) is 9.35. The molecule has 0 bridgehead atoms. The Morgan fingerprint density at radius 3 is 2.31 bits per heavy atom. The first-order valence-electron chi connectivity index (χ1n) is 5.96. The van der Waals surface area contributed by atoms with Gasteiger partial charge in [0.25, 0.3) is 0 Å². The third kappa shape index (κ3) is 1.78. The summed E-state index contributed by atoms with van der Waals surface area (Å²) in [6.07, 6.45) is 3.70. The molecule has 1 aromatic carbocycles. The first kappa shape index (κ1) is 11.3. The van der Waals surface area contributed by atoms with Gasteiger partial charge in [0.05, 0.1) is 12.0 Å². The van der Waals surface area contributed by atoms with E-state index in [0.717, 1.165) is 31.2 Å². The Balaban J connectivity index is 2.20. The molecule has 0 atom stereocenters. The van der Waals surface area contributed by atoms with Gasteiger partial charge in [-0.1, -0.05) is 37.6 Å². The Morgan fingerprint density at radius 1 is 1.31 bits per heavy atom. The second kappa shape index (κ2) is 4.38. The number of aliphatic hydroxyl groups is 1. The van der Waals surface area contributed by atoms with E-state index in [4.69, 9.17) is 0 Å². The van der Waals surface area contributed by atoms with E-state index in [0.29, 0.717) is 0 Å². The van der Waals surface area contributed by atoms with E-state index in [-0.39, 0.29) is 12.4 Å². The normalized spacial score (nSPS) is 17.9. The third-order valence-corrected chi connectivity index (χ3v) is 3.72. The summed E-state index contributed by atoms with van der Waals surface area (Å²) in [6, 6.07) is 7.77. The van der Waals surface area contributed by atoms with Crippen LogP contribution in [0.5, 0.6) is 0 Å². The molecule has 1 aromatic rings. The Kier molecular flexibility index (Phi) is 3.10. The summed E-state index contributed by atoms with van der Waals surface area (Å²) >= 11 is 0.